The van der Waals surface area contributed by atoms with E-state index in [1.165, 1.54) is 0 Å². The van der Waals surface area contributed by atoms with Crippen LogP contribution in [-0.2, 0) is 11.2 Å². The lowest BCUT2D eigenvalue weighted by Gasteiger charge is -2.31. The number of carbonyl (C=O) groups is 2. The lowest BCUT2D eigenvalue weighted by atomic mass is 9.97. The first kappa shape index (κ1) is 17.5. The van der Waals surface area contributed by atoms with Crippen molar-refractivity contribution in [2.24, 2.45) is 5.92 Å². The highest BCUT2D eigenvalue weighted by molar-refractivity contribution is 5.93. The third kappa shape index (κ3) is 4.79. The standard InChI is InChI=1S/C16H26N4O3/c1-2-5-13-10-14(19-18-13)16(23)20-8-3-6-12(11-20)15(22)17-7-4-9-21/h10,12,21H,2-9,11H2,1H3,(H,17,22)(H,18,19)/t12-/m1/s1. The minimum Gasteiger partial charge on any atom is -0.396 e. The second kappa shape index (κ2) is 8.67. The maximum Gasteiger partial charge on any atom is 0.274 e. The van der Waals surface area contributed by atoms with Crippen molar-refractivity contribution in [1.29, 1.82) is 0 Å². The second-order valence-corrected chi connectivity index (χ2v) is 5.99. The van der Waals surface area contributed by atoms with Crippen LogP contribution in [0.5, 0.6) is 0 Å². The average Bonchev–Trinajstić information content (AvgIpc) is 3.03. The fraction of sp³-hybridized carbons (Fsp3) is 0.688. The number of aromatic nitrogens is 2. The van der Waals surface area contributed by atoms with Gasteiger partial charge in [-0.1, -0.05) is 13.3 Å². The number of aliphatic hydroxyl groups excluding tert-OH is 1. The van der Waals surface area contributed by atoms with Crippen molar-refractivity contribution in [3.63, 3.8) is 0 Å². The number of aliphatic hydroxyl groups is 1. The topological polar surface area (TPSA) is 98.3 Å². The number of amides is 2. The summed E-state index contributed by atoms with van der Waals surface area (Å²) in [6, 6.07) is 1.80. The van der Waals surface area contributed by atoms with E-state index in [-0.39, 0.29) is 24.3 Å². The molecule has 0 spiro atoms. The third-order valence-electron chi connectivity index (χ3n) is 4.08. The zero-order chi connectivity index (χ0) is 16.7. The summed E-state index contributed by atoms with van der Waals surface area (Å²) in [6.45, 7) is 3.70. The monoisotopic (exact) mass is 322 g/mol. The van der Waals surface area contributed by atoms with E-state index in [0.29, 0.717) is 31.7 Å². The van der Waals surface area contributed by atoms with Gasteiger partial charge in [-0.2, -0.15) is 5.10 Å². The fourth-order valence-corrected chi connectivity index (χ4v) is 2.84. The van der Waals surface area contributed by atoms with E-state index in [1.54, 1.807) is 11.0 Å². The third-order valence-corrected chi connectivity index (χ3v) is 4.08. The smallest absolute Gasteiger partial charge is 0.274 e. The van der Waals surface area contributed by atoms with Crippen molar-refractivity contribution < 1.29 is 14.7 Å². The molecule has 1 aliphatic heterocycles. The summed E-state index contributed by atoms with van der Waals surface area (Å²) >= 11 is 0. The summed E-state index contributed by atoms with van der Waals surface area (Å²) in [6.07, 6.45) is 4.02. The maximum absolute atomic E-state index is 12.5. The molecule has 0 radical (unpaired) electrons. The van der Waals surface area contributed by atoms with Crippen molar-refractivity contribution in [2.75, 3.05) is 26.2 Å². The van der Waals surface area contributed by atoms with Gasteiger partial charge in [-0.3, -0.25) is 14.7 Å². The minimum absolute atomic E-state index is 0.0374. The Bertz CT molecular complexity index is 529. The van der Waals surface area contributed by atoms with Gasteiger partial charge in [-0.15, -0.1) is 0 Å². The molecule has 2 rings (SSSR count). The Balaban J connectivity index is 1.91. The zero-order valence-corrected chi connectivity index (χ0v) is 13.7. The van der Waals surface area contributed by atoms with Crippen molar-refractivity contribution in [3.05, 3.63) is 17.5 Å². The van der Waals surface area contributed by atoms with E-state index in [0.717, 1.165) is 31.4 Å². The van der Waals surface area contributed by atoms with E-state index >= 15 is 0 Å². The second-order valence-electron chi connectivity index (χ2n) is 5.99. The summed E-state index contributed by atoms with van der Waals surface area (Å²) in [5.74, 6) is -0.332. The van der Waals surface area contributed by atoms with Gasteiger partial charge in [0.25, 0.3) is 5.91 Å². The maximum atomic E-state index is 12.5. The van der Waals surface area contributed by atoms with Gasteiger partial charge in [0, 0.05) is 31.9 Å². The van der Waals surface area contributed by atoms with E-state index in [4.69, 9.17) is 5.11 Å². The number of hydrogen-bond donors (Lipinski definition) is 3. The molecule has 0 aromatic carbocycles. The summed E-state index contributed by atoms with van der Waals surface area (Å²) in [7, 11) is 0. The van der Waals surface area contributed by atoms with Crippen molar-refractivity contribution in [1.82, 2.24) is 20.4 Å². The van der Waals surface area contributed by atoms with Crippen LogP contribution in [0.25, 0.3) is 0 Å². The number of H-pyrrole nitrogens is 1. The number of likely N-dealkylation sites (tertiary alicyclic amines) is 1. The predicted molar refractivity (Wildman–Crippen MR) is 85.9 cm³/mol. The lowest BCUT2D eigenvalue weighted by Crippen LogP contribution is -2.45. The van der Waals surface area contributed by atoms with Gasteiger partial charge < -0.3 is 15.3 Å². The number of hydrogen-bond acceptors (Lipinski definition) is 4. The number of rotatable bonds is 7. The SMILES string of the molecule is CCCc1cc(C(=O)N2CCC[C@@H](C(=O)NCCCO)C2)n[nH]1. The van der Waals surface area contributed by atoms with Gasteiger partial charge in [0.1, 0.15) is 5.69 Å². The molecule has 0 bridgehead atoms. The Labute approximate surface area is 136 Å². The minimum atomic E-state index is -0.180. The van der Waals surface area contributed by atoms with Crippen LogP contribution in [0.4, 0.5) is 0 Å². The molecule has 7 heteroatoms. The van der Waals surface area contributed by atoms with E-state index in [9.17, 15) is 9.59 Å². The van der Waals surface area contributed by atoms with Crippen LogP contribution in [-0.4, -0.2) is 58.3 Å². The molecule has 0 aliphatic carbocycles. The lowest BCUT2D eigenvalue weighted by molar-refractivity contribution is -0.126. The van der Waals surface area contributed by atoms with E-state index < -0.39 is 0 Å². The number of aromatic amines is 1. The summed E-state index contributed by atoms with van der Waals surface area (Å²) in [5.41, 5.74) is 1.39. The molecule has 1 fully saturated rings. The first-order valence-electron chi connectivity index (χ1n) is 8.37. The molecule has 2 heterocycles. The van der Waals surface area contributed by atoms with Gasteiger partial charge in [0.2, 0.25) is 5.91 Å². The molecule has 0 saturated carbocycles. The first-order chi connectivity index (χ1) is 11.2. The van der Waals surface area contributed by atoms with E-state index in [2.05, 4.69) is 22.4 Å². The number of aryl methyl sites for hydroxylation is 1. The Morgan fingerprint density at radius 2 is 2.35 bits per heavy atom. The molecule has 1 aliphatic rings. The molecule has 1 aromatic rings. The van der Waals surface area contributed by atoms with Crippen LogP contribution >= 0.6 is 0 Å². The number of carbonyl (C=O) groups excluding carboxylic acids is 2. The number of nitrogens with one attached hydrogen (secondary N) is 2. The molecular formula is C16H26N4O3. The Hall–Kier alpha value is -1.89. The molecule has 7 nitrogen and oxygen atoms in total. The summed E-state index contributed by atoms with van der Waals surface area (Å²) in [4.78, 5) is 26.4. The van der Waals surface area contributed by atoms with Crippen LogP contribution < -0.4 is 5.32 Å². The highest BCUT2D eigenvalue weighted by Crippen LogP contribution is 2.18. The first-order valence-corrected chi connectivity index (χ1v) is 8.37. The molecule has 23 heavy (non-hydrogen) atoms. The normalized spacial score (nSPS) is 18.0. The molecule has 1 saturated heterocycles. The molecule has 3 N–H and O–H groups in total. The largest absolute Gasteiger partial charge is 0.396 e. The van der Waals surface area contributed by atoms with Gasteiger partial charge in [0.05, 0.1) is 5.92 Å². The van der Waals surface area contributed by atoms with Crippen molar-refractivity contribution in [3.8, 4) is 0 Å². The number of nitrogens with zero attached hydrogens (tertiary/aromatic N) is 2. The Morgan fingerprint density at radius 1 is 1.52 bits per heavy atom. The van der Waals surface area contributed by atoms with Crippen LogP contribution in [0.2, 0.25) is 0 Å². The average molecular weight is 322 g/mol. The fourth-order valence-electron chi connectivity index (χ4n) is 2.84. The zero-order valence-electron chi connectivity index (χ0n) is 13.7. The van der Waals surface area contributed by atoms with E-state index in [1.807, 2.05) is 0 Å². The van der Waals surface area contributed by atoms with Gasteiger partial charge in [-0.05, 0) is 31.7 Å². The molecule has 1 aromatic heterocycles. The van der Waals surface area contributed by atoms with Crippen LogP contribution in [0, 0.1) is 5.92 Å². The Morgan fingerprint density at radius 3 is 3.09 bits per heavy atom. The molecule has 2 amide bonds. The van der Waals surface area contributed by atoms with Gasteiger partial charge in [-0.25, -0.2) is 0 Å². The summed E-state index contributed by atoms with van der Waals surface area (Å²) < 4.78 is 0. The molecule has 1 atom stereocenters. The highest BCUT2D eigenvalue weighted by Gasteiger charge is 2.29. The van der Waals surface area contributed by atoms with Gasteiger partial charge >= 0.3 is 0 Å². The molecule has 128 valence electrons. The van der Waals surface area contributed by atoms with Crippen molar-refractivity contribution in [2.45, 2.75) is 39.0 Å². The van der Waals surface area contributed by atoms with Crippen LogP contribution in [0.15, 0.2) is 6.07 Å². The van der Waals surface area contributed by atoms with Crippen LogP contribution in [0.1, 0.15) is 48.8 Å². The quantitative estimate of drug-likeness (QED) is 0.644. The molecular weight excluding hydrogens is 296 g/mol. The van der Waals surface area contributed by atoms with Crippen molar-refractivity contribution >= 4 is 11.8 Å². The highest BCUT2D eigenvalue weighted by atomic mass is 16.3. The Kier molecular flexibility index (Phi) is 6.58. The molecule has 0 unspecified atom stereocenters. The summed E-state index contributed by atoms with van der Waals surface area (Å²) in [5, 5.41) is 18.6. The predicted octanol–water partition coefficient (Wildman–Crippen LogP) is 0.713. The van der Waals surface area contributed by atoms with Crippen LogP contribution in [0.3, 0.4) is 0 Å². The number of piperidine rings is 1. The van der Waals surface area contributed by atoms with Gasteiger partial charge in [0.15, 0.2) is 0 Å².